The van der Waals surface area contributed by atoms with E-state index < -0.39 is 26.8 Å². The molecule has 2 aliphatic carbocycles. The average molecular weight is 508 g/mol. The van der Waals surface area contributed by atoms with Crippen LogP contribution in [0, 0.1) is 27.7 Å². The van der Waals surface area contributed by atoms with Gasteiger partial charge < -0.3 is 24.8 Å². The second-order valence-electron chi connectivity index (χ2n) is 8.46. The molecule has 147 valence electrons. The normalized spacial score (nSPS) is 18.5. The Hall–Kier alpha value is -0.400. The Morgan fingerprint density at radius 2 is 1.00 bits per heavy atom. The maximum atomic E-state index is 2.62. The van der Waals surface area contributed by atoms with E-state index >= 15 is 0 Å². The second-order valence-corrected chi connectivity index (χ2v) is 28.7. The van der Waals surface area contributed by atoms with Crippen LogP contribution in [0.15, 0.2) is 36.4 Å². The summed E-state index contributed by atoms with van der Waals surface area (Å²) < 4.78 is 1.53. The molecule has 28 heavy (non-hydrogen) atoms. The van der Waals surface area contributed by atoms with Gasteiger partial charge in [0.2, 0.25) is 0 Å². The van der Waals surface area contributed by atoms with Gasteiger partial charge in [-0.25, -0.2) is 0 Å². The van der Waals surface area contributed by atoms with Gasteiger partial charge in [-0.15, -0.1) is 0 Å². The first kappa shape index (κ1) is 23.9. The van der Waals surface area contributed by atoms with Crippen LogP contribution in [0.5, 0.6) is 0 Å². The summed E-state index contributed by atoms with van der Waals surface area (Å²) >= 11 is -1.71. The van der Waals surface area contributed by atoms with Gasteiger partial charge in [0.25, 0.3) is 0 Å². The molecular formula is C24H29Cl2SiZr. The molecule has 0 aliphatic heterocycles. The molecule has 0 radical (unpaired) electrons. The van der Waals surface area contributed by atoms with E-state index in [-0.39, 0.29) is 24.8 Å². The van der Waals surface area contributed by atoms with E-state index in [0.29, 0.717) is 0 Å². The third-order valence-electron chi connectivity index (χ3n) is 6.39. The molecule has 0 amide bonds. The van der Waals surface area contributed by atoms with Crippen molar-refractivity contribution in [2.24, 2.45) is 0 Å². The molecule has 2 aliphatic rings. The number of allylic oxidation sites excluding steroid dienone is 2. The smallest absolute Gasteiger partial charge is 1.00 e. The van der Waals surface area contributed by atoms with E-state index in [1.54, 1.807) is 11.1 Å². The zero-order valence-electron chi connectivity index (χ0n) is 17.6. The molecule has 0 saturated heterocycles. The van der Waals surface area contributed by atoms with Gasteiger partial charge in [-0.05, 0) is 0 Å². The van der Waals surface area contributed by atoms with Gasteiger partial charge >= 0.3 is 168 Å². The first-order chi connectivity index (χ1) is 12.4. The fourth-order valence-electron chi connectivity index (χ4n) is 4.65. The van der Waals surface area contributed by atoms with E-state index in [0.717, 1.165) is 7.25 Å². The average Bonchev–Trinajstić information content (AvgIpc) is 3.14. The number of halogens is 2. The van der Waals surface area contributed by atoms with Crippen LogP contribution in [0.25, 0.3) is 12.2 Å². The predicted molar refractivity (Wildman–Crippen MR) is 114 cm³/mol. The summed E-state index contributed by atoms with van der Waals surface area (Å²) in [6.07, 6.45) is 10.0. The van der Waals surface area contributed by atoms with Crippen LogP contribution in [-0.4, -0.2) is 5.92 Å². The van der Waals surface area contributed by atoms with Gasteiger partial charge in [0.1, 0.15) is 0 Å². The van der Waals surface area contributed by atoms with Crippen molar-refractivity contribution in [3.05, 3.63) is 80.9 Å². The first-order valence-corrected chi connectivity index (χ1v) is 19.8. The Morgan fingerprint density at radius 3 is 1.36 bits per heavy atom. The summed E-state index contributed by atoms with van der Waals surface area (Å²) in [5.74, 6) is -0.671. The second kappa shape index (κ2) is 9.17. The minimum Gasteiger partial charge on any atom is -1.00 e. The molecular weight excluding hydrogens is 478 g/mol. The van der Waals surface area contributed by atoms with E-state index in [1.165, 1.54) is 33.4 Å². The summed E-state index contributed by atoms with van der Waals surface area (Å²) in [4.78, 5) is 0. The zero-order valence-corrected chi connectivity index (χ0v) is 22.7. The quantitative estimate of drug-likeness (QED) is 0.527. The molecule has 0 fully saturated rings. The van der Waals surface area contributed by atoms with Gasteiger partial charge in [-0.2, -0.15) is 0 Å². The summed E-state index contributed by atoms with van der Waals surface area (Å²) in [5, 5.41) is 0. The van der Waals surface area contributed by atoms with Crippen LogP contribution in [0.4, 0.5) is 0 Å². The molecule has 0 aromatic heterocycles. The summed E-state index contributed by atoms with van der Waals surface area (Å²) in [6.45, 7) is 14.3. The van der Waals surface area contributed by atoms with E-state index in [2.05, 4.69) is 89.4 Å². The number of benzene rings is 2. The third-order valence-corrected chi connectivity index (χ3v) is 27.8. The SMILES string of the molecule is Cc1cc2c(cc1C)[CH]([Zr+2]([CH]1C=Cc3cc(C)c(C)cc31)[SiH](C)C)C=C2.[Cl-].[Cl-]. The Labute approximate surface area is 191 Å². The molecule has 4 heteroatoms. The number of rotatable bonds is 3. The van der Waals surface area contributed by atoms with Crippen molar-refractivity contribution in [2.45, 2.75) is 48.0 Å². The van der Waals surface area contributed by atoms with Gasteiger partial charge in [-0.1, -0.05) is 0 Å². The standard InChI is InChI=1S/2C11H11.C2H7Si.2ClH.Zr/c2*1-8-6-10-4-3-5-11(10)7-9(8)2;1-3-2;;;/h2*3-7H,1-2H3;3H,1-2H3;2*1H;/q;;;;;+2/p-2. The minimum absolute atomic E-state index is 0. The van der Waals surface area contributed by atoms with Gasteiger partial charge in [0.05, 0.1) is 0 Å². The molecule has 0 nitrogen and oxygen atoms in total. The summed E-state index contributed by atoms with van der Waals surface area (Å²) in [5.41, 5.74) is 12.1. The van der Waals surface area contributed by atoms with Crippen LogP contribution in [0.1, 0.15) is 51.8 Å². The Kier molecular flexibility index (Phi) is 7.82. The largest absolute Gasteiger partial charge is 1.00 e. The maximum Gasteiger partial charge on any atom is -1.00 e. The van der Waals surface area contributed by atoms with Crippen LogP contribution < -0.4 is 24.8 Å². The number of hydrogen-bond donors (Lipinski definition) is 0. The van der Waals surface area contributed by atoms with Crippen molar-refractivity contribution in [3.8, 4) is 0 Å². The third kappa shape index (κ3) is 4.08. The Morgan fingerprint density at radius 1 is 0.643 bits per heavy atom. The fraction of sp³-hybridized carbons (Fsp3) is 0.333. The molecule has 0 N–H and O–H groups in total. The van der Waals surface area contributed by atoms with Crippen molar-refractivity contribution < 1.29 is 45.7 Å². The van der Waals surface area contributed by atoms with Crippen LogP contribution in [-0.2, 0) is 20.9 Å². The van der Waals surface area contributed by atoms with Crippen molar-refractivity contribution in [1.82, 2.24) is 0 Å². The van der Waals surface area contributed by atoms with E-state index in [1.807, 2.05) is 0 Å². The van der Waals surface area contributed by atoms with Crippen LogP contribution in [0.2, 0.25) is 13.1 Å². The summed E-state index contributed by atoms with van der Waals surface area (Å²) in [7, 11) is 0. The molecule has 2 aromatic rings. The Balaban J connectivity index is 0.00000140. The zero-order chi connectivity index (χ0) is 18.6. The minimum atomic E-state index is -1.71. The monoisotopic (exact) mass is 505 g/mol. The van der Waals surface area contributed by atoms with E-state index in [9.17, 15) is 0 Å². The first-order valence-electron chi connectivity index (χ1n) is 9.82. The van der Waals surface area contributed by atoms with Crippen molar-refractivity contribution in [2.75, 3.05) is 0 Å². The molecule has 0 saturated carbocycles. The van der Waals surface area contributed by atoms with Gasteiger partial charge in [0, 0.05) is 0 Å². The molecule has 0 heterocycles. The Bertz CT molecular complexity index is 873. The van der Waals surface area contributed by atoms with Crippen molar-refractivity contribution >= 4 is 18.1 Å². The molecule has 2 unspecified atom stereocenters. The van der Waals surface area contributed by atoms with E-state index in [4.69, 9.17) is 0 Å². The molecule has 2 aromatic carbocycles. The molecule has 4 rings (SSSR count). The van der Waals surface area contributed by atoms with Crippen LogP contribution in [0.3, 0.4) is 0 Å². The van der Waals surface area contributed by atoms with Crippen LogP contribution >= 0.6 is 0 Å². The summed E-state index contributed by atoms with van der Waals surface area (Å²) in [6, 6.07) is 9.84. The number of aryl methyl sites for hydroxylation is 4. The molecule has 0 bridgehead atoms. The van der Waals surface area contributed by atoms with Gasteiger partial charge in [0.15, 0.2) is 0 Å². The van der Waals surface area contributed by atoms with Crippen molar-refractivity contribution in [3.63, 3.8) is 0 Å². The maximum absolute atomic E-state index is 2.62. The van der Waals surface area contributed by atoms with Crippen molar-refractivity contribution in [1.29, 1.82) is 0 Å². The van der Waals surface area contributed by atoms with Gasteiger partial charge in [-0.3, -0.25) is 0 Å². The fourth-order valence-corrected chi connectivity index (χ4v) is 25.6. The molecule has 2 atom stereocenters. The predicted octanol–water partition coefficient (Wildman–Crippen LogP) is 0.366. The number of hydrogen-bond acceptors (Lipinski definition) is 0. The molecule has 0 spiro atoms. The topological polar surface area (TPSA) is 0 Å². The number of fused-ring (bicyclic) bond motifs is 2.